The van der Waals surface area contributed by atoms with E-state index in [1.165, 1.54) is 1.64 Å². The second-order valence-corrected chi connectivity index (χ2v) is 8.81. The summed E-state index contributed by atoms with van der Waals surface area (Å²) in [6, 6.07) is 3.21. The largest absolute Gasteiger partial charge is 0.391 e. The molecular weight excluding hydrogens is 623 g/mol. The molecule has 2 heterocycles. The van der Waals surface area contributed by atoms with E-state index in [1.807, 2.05) is 0 Å². The maximum absolute atomic E-state index is 4.33. The molecule has 0 spiro atoms. The fourth-order valence-electron chi connectivity index (χ4n) is 0.763. The Morgan fingerprint density at radius 1 is 1.67 bits per heavy atom. The Morgan fingerprint density at radius 2 is 2.33 bits per heavy atom. The van der Waals surface area contributed by atoms with E-state index in [0.717, 1.165) is 9.52 Å². The Hall–Kier alpha value is 2.45. The Labute approximate surface area is 142 Å². The fraction of sp³-hybridized carbons (Fsp3) is 0.200. The van der Waals surface area contributed by atoms with Crippen molar-refractivity contribution in [3.8, 4) is 0 Å². The number of nitrogens with zero attached hydrogens (tertiary/aromatic N) is 3. The van der Waals surface area contributed by atoms with E-state index in [9.17, 15) is 0 Å². The van der Waals surface area contributed by atoms with Gasteiger partial charge in [0.05, 0.1) is 0 Å². The van der Waals surface area contributed by atoms with Crippen molar-refractivity contribution in [2.75, 3.05) is 11.9 Å². The molecule has 7 heteroatoms. The van der Waals surface area contributed by atoms with Gasteiger partial charge in [-0.1, -0.05) is 26.3 Å². The average Bonchev–Trinajstić information content (AvgIpc) is 2.37. The first-order valence-corrected chi connectivity index (χ1v) is 7.08. The van der Waals surface area contributed by atoms with Crippen molar-refractivity contribution in [2.24, 2.45) is 0 Å². The molecule has 0 aliphatic carbocycles. The van der Waals surface area contributed by atoms with Crippen LogP contribution in [-0.4, -0.2) is 16.7 Å². The van der Waals surface area contributed by atoms with E-state index in [0.29, 0.717) is 0 Å². The molecule has 0 fully saturated rings. The summed E-state index contributed by atoms with van der Waals surface area (Å²) in [6.07, 6.45) is 0. The van der Waals surface area contributed by atoms with Gasteiger partial charge in [0.15, 0.2) is 0 Å². The molecule has 1 aliphatic rings. The Bertz CT molecular complexity index is 335. The molecule has 1 aromatic heterocycles. The van der Waals surface area contributed by atoms with Crippen molar-refractivity contribution in [1.82, 2.24) is 7.99 Å². The molecule has 0 aromatic carbocycles. The van der Waals surface area contributed by atoms with E-state index in [4.69, 9.17) is 0 Å². The molecule has 0 amide bonds. The minimum atomic E-state index is -0.0431. The first kappa shape index (κ1) is 12.5. The van der Waals surface area contributed by atoms with Crippen LogP contribution in [0.5, 0.6) is 0 Å². The van der Waals surface area contributed by atoms with Crippen molar-refractivity contribution >= 4 is 51.1 Å². The molecule has 0 radical (unpaired) electrons. The minimum absolute atomic E-state index is 0. The van der Waals surface area contributed by atoms with Crippen LogP contribution in [0.25, 0.3) is 0 Å². The number of fused-ring (bicyclic) bond motifs is 1. The molecule has 0 atom stereocenters. The number of hydrogen-bond acceptors (Lipinski definition) is 2. The molecule has 1 aromatic rings. The predicted molar refractivity (Wildman–Crippen MR) is 58.0 cm³/mol. The third kappa shape index (κ3) is 2.33. The number of anilines is 1. The molecule has 0 saturated carbocycles. The number of hydrogen-bond donors (Lipinski definition) is 0. The Kier molecular flexibility index (Phi) is 5.20. The number of halogens is 3. The summed E-state index contributed by atoms with van der Waals surface area (Å²) in [5.41, 5.74) is 0. The first-order chi connectivity index (χ1) is 5.18. The van der Waals surface area contributed by atoms with Gasteiger partial charge in [-0.15, -0.1) is 0 Å². The molecule has 0 saturated heterocycles. The van der Waals surface area contributed by atoms with Gasteiger partial charge in [-0.05, 0) is 5.82 Å². The molecule has 12 heavy (non-hydrogen) atoms. The zero-order valence-electron chi connectivity index (χ0n) is 6.01. The molecule has 0 bridgehead atoms. The van der Waals surface area contributed by atoms with Gasteiger partial charge in [0, 0.05) is 48.8 Å². The van der Waals surface area contributed by atoms with Crippen LogP contribution in [0, 0.1) is 51.5 Å². The fourth-order valence-corrected chi connectivity index (χ4v) is 5.07. The van der Waals surface area contributed by atoms with Gasteiger partial charge >= 0.3 is 24.2 Å². The van der Waals surface area contributed by atoms with E-state index in [2.05, 4.69) is 71.2 Å². The summed E-state index contributed by atoms with van der Waals surface area (Å²) in [6.45, 7) is 0. The van der Waals surface area contributed by atoms with Crippen LogP contribution in [0.4, 0.5) is 5.82 Å². The van der Waals surface area contributed by atoms with Gasteiger partial charge in [0.2, 0.25) is 0 Å². The number of aromatic nitrogens is 2. The normalized spacial score (nSPS) is 14.6. The summed E-state index contributed by atoms with van der Waals surface area (Å²) < 4.78 is 4.49. The van der Waals surface area contributed by atoms with Gasteiger partial charge < -0.3 is 11.0 Å². The standard InChI is InChI=1S/C5H4I3N3.Ce/c1-10-4-2-3(6)9-11(4)8-5(10)7;/h7H,1H3;. The van der Waals surface area contributed by atoms with Crippen molar-refractivity contribution in [2.45, 2.75) is 0 Å². The van der Waals surface area contributed by atoms with Gasteiger partial charge in [-0.25, -0.2) is 2.90 Å². The topological polar surface area (TPSA) is 21.1 Å². The second-order valence-electron chi connectivity index (χ2n) is 2.00. The van der Waals surface area contributed by atoms with Gasteiger partial charge in [0.25, 0.3) is 0 Å². The van der Waals surface area contributed by atoms with Crippen molar-refractivity contribution in [1.29, 1.82) is 0 Å². The van der Waals surface area contributed by atoms with Gasteiger partial charge in [0.1, 0.15) is 21.0 Å². The molecule has 64 valence electrons. The number of rotatable bonds is 0. The first-order valence-electron chi connectivity index (χ1n) is 2.79. The smallest absolute Gasteiger partial charge is 0.325 e. The SMILES string of the molecule is CN1C([IH+])=In2nc(I)[c-]c21.[Ce]. The second kappa shape index (κ2) is 4.98. The van der Waals surface area contributed by atoms with Crippen LogP contribution in [0.3, 0.4) is 0 Å². The van der Waals surface area contributed by atoms with Crippen LogP contribution in [0.15, 0.2) is 0 Å². The summed E-state index contributed by atoms with van der Waals surface area (Å²) in [4.78, 5) is 2.17. The van der Waals surface area contributed by atoms with Crippen molar-refractivity contribution < 1.29 is 64.3 Å². The molecule has 0 N–H and O–H groups in total. The van der Waals surface area contributed by atoms with Crippen LogP contribution >= 0.6 is 43.6 Å². The molecule has 3 nitrogen and oxygen atoms in total. The Balaban J connectivity index is 0.000000720. The monoisotopic (exact) mass is 627 g/mol. The van der Waals surface area contributed by atoms with Crippen LogP contribution < -0.4 is 27.5 Å². The van der Waals surface area contributed by atoms with Crippen molar-refractivity contribution in [3.63, 3.8) is 0 Å². The third-order valence-electron chi connectivity index (χ3n) is 1.30. The van der Waals surface area contributed by atoms with Gasteiger partial charge in [-0.3, -0.25) is 0 Å². The van der Waals surface area contributed by atoms with Crippen molar-refractivity contribution in [3.05, 3.63) is 9.77 Å². The van der Waals surface area contributed by atoms with E-state index < -0.39 is 0 Å². The summed E-state index contributed by atoms with van der Waals surface area (Å²) in [5, 5.41) is 4.33. The summed E-state index contributed by atoms with van der Waals surface area (Å²) in [7, 11) is 2.07. The van der Waals surface area contributed by atoms with E-state index in [1.54, 1.807) is 0 Å². The quantitative estimate of drug-likeness (QED) is 0.186. The predicted octanol–water partition coefficient (Wildman–Crippen LogP) is -2.16. The molecule has 2 rings (SSSR count). The minimum Gasteiger partial charge on any atom is -0.391 e. The maximum atomic E-state index is 4.33. The zero-order chi connectivity index (χ0) is 8.01. The summed E-state index contributed by atoms with van der Waals surface area (Å²) in [5.74, 6) is 1.13. The maximum Gasteiger partial charge on any atom is 0.325 e. The van der Waals surface area contributed by atoms with Crippen LogP contribution in [0.1, 0.15) is 0 Å². The van der Waals surface area contributed by atoms with Gasteiger partial charge in [-0.2, -0.15) is 5.10 Å². The van der Waals surface area contributed by atoms with E-state index >= 15 is 0 Å². The average molecular weight is 627 g/mol. The molecule has 1 aliphatic heterocycles. The van der Waals surface area contributed by atoms with Crippen LogP contribution in [-0.2, 0) is 0 Å². The summed E-state index contributed by atoms with van der Waals surface area (Å²) >= 11 is 4.24. The molecular formula is C5H4CeI3N3. The van der Waals surface area contributed by atoms with Crippen LogP contribution in [0.2, 0.25) is 0 Å². The third-order valence-corrected chi connectivity index (χ3v) is 6.15. The molecule has 0 unspecified atom stereocenters. The zero-order valence-corrected chi connectivity index (χ0v) is 15.8. The Morgan fingerprint density at radius 3 is 2.92 bits per heavy atom. The van der Waals surface area contributed by atoms with E-state index in [-0.39, 0.29) is 62.8 Å².